The highest BCUT2D eigenvalue weighted by atomic mass is 15.0. The Morgan fingerprint density at radius 3 is 2.81 bits per heavy atom. The van der Waals surface area contributed by atoms with Crippen LogP contribution >= 0.6 is 0 Å². The summed E-state index contributed by atoms with van der Waals surface area (Å²) in [6.45, 7) is 0.794. The van der Waals surface area contributed by atoms with Gasteiger partial charge in [0.2, 0.25) is 0 Å². The van der Waals surface area contributed by atoms with Crippen LogP contribution in [0.1, 0.15) is 16.8 Å². The lowest BCUT2D eigenvalue weighted by molar-refractivity contribution is 0.837. The van der Waals surface area contributed by atoms with Gasteiger partial charge in [0.1, 0.15) is 0 Å². The molecule has 0 saturated carbocycles. The van der Waals surface area contributed by atoms with Crippen molar-refractivity contribution in [1.29, 1.82) is 0 Å². The highest BCUT2D eigenvalue weighted by molar-refractivity contribution is 5.78. The Balaban J connectivity index is 1.57. The first-order valence-corrected chi connectivity index (χ1v) is 7.21. The molecule has 21 heavy (non-hydrogen) atoms. The molecule has 0 bridgehead atoms. The molecule has 0 unspecified atom stereocenters. The second-order valence-electron chi connectivity index (χ2n) is 5.56. The van der Waals surface area contributed by atoms with Crippen LogP contribution in [0, 0.1) is 0 Å². The molecule has 104 valence electrons. The van der Waals surface area contributed by atoms with Crippen LogP contribution in [0.2, 0.25) is 0 Å². The van der Waals surface area contributed by atoms with E-state index >= 15 is 0 Å². The maximum atomic E-state index is 4.14. The number of nitrogens with one attached hydrogen (secondary N) is 1. The largest absolute Gasteiger partial charge is 0.379 e. The minimum absolute atomic E-state index is 0.794. The molecule has 0 amide bonds. The van der Waals surface area contributed by atoms with Gasteiger partial charge in [0.05, 0.1) is 18.6 Å². The zero-order chi connectivity index (χ0) is 14.2. The monoisotopic (exact) mass is 275 g/mol. The summed E-state index contributed by atoms with van der Waals surface area (Å²) in [5.74, 6) is 0. The fraction of sp³-hybridized carbons (Fsp3) is 0.167. The van der Waals surface area contributed by atoms with E-state index in [1.807, 2.05) is 24.1 Å². The molecule has 1 N–H and O–H groups in total. The molecular formula is C18H17N3. The van der Waals surface area contributed by atoms with Crippen LogP contribution < -0.4 is 5.32 Å². The van der Waals surface area contributed by atoms with Gasteiger partial charge in [-0.15, -0.1) is 0 Å². The van der Waals surface area contributed by atoms with Gasteiger partial charge in [0.25, 0.3) is 0 Å². The molecule has 3 nitrogen and oxygen atoms in total. The van der Waals surface area contributed by atoms with Gasteiger partial charge >= 0.3 is 0 Å². The van der Waals surface area contributed by atoms with Gasteiger partial charge < -0.3 is 9.88 Å². The summed E-state index contributed by atoms with van der Waals surface area (Å²) in [5, 5.41) is 3.48. The Morgan fingerprint density at radius 1 is 1.10 bits per heavy atom. The van der Waals surface area contributed by atoms with Gasteiger partial charge in [0.15, 0.2) is 0 Å². The summed E-state index contributed by atoms with van der Waals surface area (Å²) in [7, 11) is 2.02. The molecule has 3 aromatic rings. The first-order chi connectivity index (χ1) is 10.3. The van der Waals surface area contributed by atoms with E-state index in [2.05, 4.69) is 52.8 Å². The number of fused-ring (bicyclic) bond motifs is 3. The van der Waals surface area contributed by atoms with Crippen molar-refractivity contribution in [1.82, 2.24) is 9.55 Å². The van der Waals surface area contributed by atoms with Gasteiger partial charge in [-0.25, -0.2) is 4.98 Å². The maximum Gasteiger partial charge on any atom is 0.0946 e. The van der Waals surface area contributed by atoms with E-state index in [0.29, 0.717) is 0 Å². The normalized spacial score (nSPS) is 12.0. The highest BCUT2D eigenvalue weighted by Crippen LogP contribution is 2.37. The predicted molar refractivity (Wildman–Crippen MR) is 85.2 cm³/mol. The van der Waals surface area contributed by atoms with Crippen molar-refractivity contribution in [2.45, 2.75) is 13.0 Å². The minimum atomic E-state index is 0.794. The van der Waals surface area contributed by atoms with Gasteiger partial charge in [-0.3, -0.25) is 0 Å². The Bertz CT molecular complexity index is 802. The molecule has 0 fully saturated rings. The first kappa shape index (κ1) is 12.2. The fourth-order valence-electron chi connectivity index (χ4n) is 3.00. The van der Waals surface area contributed by atoms with Gasteiger partial charge in [-0.1, -0.05) is 30.3 Å². The minimum Gasteiger partial charge on any atom is -0.379 e. The Hall–Kier alpha value is -2.55. The standard InChI is InChI=1S/C18H17N3/c1-21-12-19-10-16(21)11-20-15-6-7-18-14(9-15)8-13-4-2-3-5-17(13)18/h2-7,9-10,12,20H,8,11H2,1H3. The molecule has 3 heteroatoms. The van der Waals surface area contributed by atoms with Crippen molar-refractivity contribution in [3.63, 3.8) is 0 Å². The van der Waals surface area contributed by atoms with E-state index in [1.165, 1.54) is 33.6 Å². The number of rotatable bonds is 3. The number of anilines is 1. The fourth-order valence-corrected chi connectivity index (χ4v) is 3.00. The van der Waals surface area contributed by atoms with E-state index in [4.69, 9.17) is 0 Å². The number of hydrogen-bond acceptors (Lipinski definition) is 2. The molecule has 1 aromatic heterocycles. The van der Waals surface area contributed by atoms with Crippen LogP contribution in [-0.2, 0) is 20.0 Å². The zero-order valence-corrected chi connectivity index (χ0v) is 12.0. The number of aromatic nitrogens is 2. The van der Waals surface area contributed by atoms with E-state index in [0.717, 1.165) is 13.0 Å². The van der Waals surface area contributed by atoms with Crippen LogP contribution in [0.3, 0.4) is 0 Å². The van der Waals surface area contributed by atoms with E-state index in [9.17, 15) is 0 Å². The molecule has 4 rings (SSSR count). The van der Waals surface area contributed by atoms with Crippen molar-refractivity contribution in [3.05, 3.63) is 71.8 Å². The molecule has 0 atom stereocenters. The second kappa shape index (κ2) is 4.77. The number of aryl methyl sites for hydroxylation is 1. The van der Waals surface area contributed by atoms with Crippen LogP contribution in [0.4, 0.5) is 5.69 Å². The van der Waals surface area contributed by atoms with Crippen molar-refractivity contribution in [2.24, 2.45) is 7.05 Å². The molecule has 1 heterocycles. The third-order valence-corrected chi connectivity index (χ3v) is 4.18. The Morgan fingerprint density at radius 2 is 1.95 bits per heavy atom. The van der Waals surface area contributed by atoms with Gasteiger partial charge in [-0.2, -0.15) is 0 Å². The molecule has 0 radical (unpaired) electrons. The smallest absolute Gasteiger partial charge is 0.0946 e. The zero-order valence-electron chi connectivity index (χ0n) is 12.0. The molecule has 1 aliphatic carbocycles. The number of imidazole rings is 1. The molecule has 1 aliphatic rings. The summed E-state index contributed by atoms with van der Waals surface area (Å²) < 4.78 is 2.04. The average Bonchev–Trinajstić information content (AvgIpc) is 3.07. The Labute approximate surface area is 124 Å². The van der Waals surface area contributed by atoms with Crippen molar-refractivity contribution in [2.75, 3.05) is 5.32 Å². The summed E-state index contributed by atoms with van der Waals surface area (Å²) in [6, 6.07) is 15.3. The number of nitrogens with zero attached hydrogens (tertiary/aromatic N) is 2. The van der Waals surface area contributed by atoms with Crippen molar-refractivity contribution in [3.8, 4) is 11.1 Å². The maximum absolute atomic E-state index is 4.14. The second-order valence-corrected chi connectivity index (χ2v) is 5.56. The van der Waals surface area contributed by atoms with Crippen LogP contribution in [0.5, 0.6) is 0 Å². The van der Waals surface area contributed by atoms with E-state index in [1.54, 1.807) is 0 Å². The molecule has 2 aromatic carbocycles. The highest BCUT2D eigenvalue weighted by Gasteiger charge is 2.17. The first-order valence-electron chi connectivity index (χ1n) is 7.21. The molecule has 0 saturated heterocycles. The third-order valence-electron chi connectivity index (χ3n) is 4.18. The number of hydrogen-bond donors (Lipinski definition) is 1. The lowest BCUT2D eigenvalue weighted by Crippen LogP contribution is -2.04. The predicted octanol–water partition coefficient (Wildman–Crippen LogP) is 3.60. The van der Waals surface area contributed by atoms with Gasteiger partial charge in [0, 0.05) is 18.9 Å². The topological polar surface area (TPSA) is 29.9 Å². The number of benzene rings is 2. The quantitative estimate of drug-likeness (QED) is 0.619. The SMILES string of the molecule is Cn1cncc1CNc1ccc2c(c1)Cc1ccccc1-2. The third kappa shape index (κ3) is 2.11. The summed E-state index contributed by atoms with van der Waals surface area (Å²) in [6.07, 6.45) is 4.76. The van der Waals surface area contributed by atoms with Crippen LogP contribution in [0.25, 0.3) is 11.1 Å². The van der Waals surface area contributed by atoms with Crippen LogP contribution in [0.15, 0.2) is 55.0 Å². The van der Waals surface area contributed by atoms with Crippen molar-refractivity contribution < 1.29 is 0 Å². The van der Waals surface area contributed by atoms with E-state index < -0.39 is 0 Å². The summed E-state index contributed by atoms with van der Waals surface area (Å²) >= 11 is 0. The lowest BCUT2D eigenvalue weighted by Gasteiger charge is -2.09. The van der Waals surface area contributed by atoms with Gasteiger partial charge in [-0.05, 0) is 40.8 Å². The van der Waals surface area contributed by atoms with Crippen molar-refractivity contribution >= 4 is 5.69 Å². The summed E-state index contributed by atoms with van der Waals surface area (Å²) in [5.41, 5.74) is 7.94. The molecular weight excluding hydrogens is 258 g/mol. The average molecular weight is 275 g/mol. The molecule has 0 spiro atoms. The lowest BCUT2D eigenvalue weighted by atomic mass is 10.1. The Kier molecular flexibility index (Phi) is 2.78. The van der Waals surface area contributed by atoms with E-state index in [-0.39, 0.29) is 0 Å². The molecule has 0 aliphatic heterocycles. The summed E-state index contributed by atoms with van der Waals surface area (Å²) in [4.78, 5) is 4.14. The van der Waals surface area contributed by atoms with Crippen LogP contribution in [-0.4, -0.2) is 9.55 Å².